The Morgan fingerprint density at radius 1 is 0.541 bits per heavy atom. The highest BCUT2D eigenvalue weighted by Crippen LogP contribution is 2.56. The SMILES string of the molecule is CC(C)(C)c1ccc(N2c3ccc(C(C)(C)C)cc3B3c4sc5cc6c(cc5c4N(c4ccc(C(C)(C)C)cc4)c4cc(C(C)(C)C)cc2c43)C2C=CC=CC2C6(C)C)cc1. The minimum Gasteiger partial charge on any atom is -0.311 e. The molecular formula is C57H63BN2S. The fourth-order valence-corrected chi connectivity index (χ4v) is 12.2. The molecule has 2 aliphatic heterocycles. The highest BCUT2D eigenvalue weighted by molar-refractivity contribution is 7.33. The molecule has 4 heteroatoms. The molecule has 310 valence electrons. The van der Waals surface area contributed by atoms with Gasteiger partial charge in [0.2, 0.25) is 0 Å². The molecule has 3 heterocycles. The summed E-state index contributed by atoms with van der Waals surface area (Å²) in [4.78, 5) is 5.27. The van der Waals surface area contributed by atoms with Crippen LogP contribution in [0.3, 0.4) is 0 Å². The molecule has 0 fully saturated rings. The minimum atomic E-state index is -0.0832. The van der Waals surface area contributed by atoms with Crippen LogP contribution in [0.5, 0.6) is 0 Å². The van der Waals surface area contributed by atoms with E-state index in [1.54, 1.807) is 0 Å². The van der Waals surface area contributed by atoms with Gasteiger partial charge in [-0.25, -0.2) is 0 Å². The maximum absolute atomic E-state index is 2.67. The zero-order valence-electron chi connectivity index (χ0n) is 39.0. The van der Waals surface area contributed by atoms with Crippen molar-refractivity contribution in [2.24, 2.45) is 5.92 Å². The second-order valence-electron chi connectivity index (χ2n) is 23.2. The van der Waals surface area contributed by atoms with Crippen LogP contribution in [0, 0.1) is 5.92 Å². The van der Waals surface area contributed by atoms with Gasteiger partial charge in [0.1, 0.15) is 0 Å². The van der Waals surface area contributed by atoms with E-state index in [0.29, 0.717) is 11.8 Å². The molecular weight excluding hydrogens is 756 g/mol. The number of fused-ring (bicyclic) bond motifs is 9. The molecule has 1 aromatic heterocycles. The Bertz CT molecular complexity index is 2820. The van der Waals surface area contributed by atoms with E-state index in [2.05, 4.69) is 222 Å². The Kier molecular flexibility index (Phi) is 8.66. The topological polar surface area (TPSA) is 6.48 Å². The highest BCUT2D eigenvalue weighted by Gasteiger charge is 2.49. The normalized spacial score (nSPS) is 18.9. The van der Waals surface area contributed by atoms with Crippen LogP contribution in [0.2, 0.25) is 0 Å². The van der Waals surface area contributed by atoms with E-state index in [4.69, 9.17) is 0 Å². The maximum Gasteiger partial charge on any atom is 0.264 e. The standard InChI is InChI=1S/C57H63BN2S/c1-53(2,3)34-19-24-38(25-20-34)59-46-28-23-36(55(7,8)9)29-45(46)58-50-47(59)30-37(56(10,11)12)31-48(50)60(39-26-21-35(22-27-39)54(4,5)6)51-42-32-41-40-17-15-16-18-43(40)57(13,14)44(41)33-49(42)61-52(51)58/h15-33,40,43H,1-14H3. The molecule has 6 aromatic rings. The molecule has 2 aliphatic carbocycles. The second-order valence-corrected chi connectivity index (χ2v) is 24.3. The van der Waals surface area contributed by atoms with Crippen LogP contribution in [0.25, 0.3) is 10.1 Å². The van der Waals surface area contributed by atoms with Crippen LogP contribution in [-0.4, -0.2) is 6.71 Å². The first kappa shape index (κ1) is 40.3. The lowest BCUT2D eigenvalue weighted by molar-refractivity contribution is 0.394. The Balaban J connectivity index is 1.33. The second kappa shape index (κ2) is 13.1. The third-order valence-electron chi connectivity index (χ3n) is 14.6. The van der Waals surface area contributed by atoms with Gasteiger partial charge >= 0.3 is 0 Å². The number of anilines is 6. The summed E-state index contributed by atoms with van der Waals surface area (Å²) in [5.74, 6) is 0.843. The van der Waals surface area contributed by atoms with Gasteiger partial charge in [-0.15, -0.1) is 11.3 Å². The predicted molar refractivity (Wildman–Crippen MR) is 268 cm³/mol. The summed E-state index contributed by atoms with van der Waals surface area (Å²) >= 11 is 2.04. The van der Waals surface area contributed by atoms with Crippen molar-refractivity contribution in [2.45, 2.75) is 130 Å². The molecule has 0 N–H and O–H groups in total. The molecule has 0 saturated carbocycles. The molecule has 61 heavy (non-hydrogen) atoms. The lowest BCUT2D eigenvalue weighted by Crippen LogP contribution is -2.60. The molecule has 10 rings (SSSR count). The first-order chi connectivity index (χ1) is 28.5. The zero-order chi connectivity index (χ0) is 43.3. The van der Waals surface area contributed by atoms with Crippen LogP contribution in [0.15, 0.2) is 115 Å². The predicted octanol–water partition coefficient (Wildman–Crippen LogP) is 14.3. The van der Waals surface area contributed by atoms with Crippen LogP contribution in [0.4, 0.5) is 34.1 Å². The highest BCUT2D eigenvalue weighted by atomic mass is 32.1. The fraction of sp³-hybridized carbons (Fsp3) is 0.368. The smallest absolute Gasteiger partial charge is 0.264 e. The molecule has 0 radical (unpaired) electrons. The fourth-order valence-electron chi connectivity index (χ4n) is 10.8. The van der Waals surface area contributed by atoms with E-state index < -0.39 is 0 Å². The summed E-state index contributed by atoms with van der Waals surface area (Å²) in [6, 6.07) is 36.6. The van der Waals surface area contributed by atoms with Crippen LogP contribution < -0.4 is 25.5 Å². The van der Waals surface area contributed by atoms with Gasteiger partial charge in [0.25, 0.3) is 6.71 Å². The van der Waals surface area contributed by atoms with Crippen molar-refractivity contribution in [1.29, 1.82) is 0 Å². The Hall–Kier alpha value is -4.80. The molecule has 5 aromatic carbocycles. The molecule has 2 unspecified atom stereocenters. The summed E-state index contributed by atoms with van der Waals surface area (Å²) in [7, 11) is 0. The third kappa shape index (κ3) is 6.17. The monoisotopic (exact) mass is 818 g/mol. The average Bonchev–Trinajstić information content (AvgIpc) is 3.66. The first-order valence-corrected chi connectivity index (χ1v) is 23.4. The van der Waals surface area contributed by atoms with Gasteiger partial charge in [-0.3, -0.25) is 0 Å². The van der Waals surface area contributed by atoms with Crippen LogP contribution in [0.1, 0.15) is 136 Å². The summed E-state index contributed by atoms with van der Waals surface area (Å²) in [5.41, 5.74) is 18.9. The molecule has 2 nitrogen and oxygen atoms in total. The molecule has 0 amide bonds. The Morgan fingerprint density at radius 3 is 1.64 bits per heavy atom. The number of benzene rings is 5. The van der Waals surface area contributed by atoms with Gasteiger partial charge in [0.05, 0.1) is 5.69 Å². The number of hydrogen-bond donors (Lipinski definition) is 0. The van der Waals surface area contributed by atoms with Crippen molar-refractivity contribution in [1.82, 2.24) is 0 Å². The molecule has 0 bridgehead atoms. The largest absolute Gasteiger partial charge is 0.311 e. The maximum atomic E-state index is 2.67. The number of nitrogens with zero attached hydrogens (tertiary/aromatic N) is 2. The molecule has 0 spiro atoms. The zero-order valence-corrected chi connectivity index (χ0v) is 39.8. The van der Waals surface area contributed by atoms with Crippen molar-refractivity contribution in [3.8, 4) is 0 Å². The van der Waals surface area contributed by atoms with Gasteiger partial charge in [-0.2, -0.15) is 0 Å². The molecule has 0 saturated heterocycles. The Morgan fingerprint density at radius 2 is 1.07 bits per heavy atom. The van der Waals surface area contributed by atoms with E-state index >= 15 is 0 Å². The van der Waals surface area contributed by atoms with E-state index in [-0.39, 0.29) is 33.8 Å². The van der Waals surface area contributed by atoms with Gasteiger partial charge in [0.15, 0.2) is 0 Å². The Labute approximate surface area is 370 Å². The van der Waals surface area contributed by atoms with E-state index in [1.165, 1.54) is 93.3 Å². The summed E-state index contributed by atoms with van der Waals surface area (Å²) < 4.78 is 2.83. The van der Waals surface area contributed by atoms with Gasteiger partial charge < -0.3 is 9.80 Å². The summed E-state index contributed by atoms with van der Waals surface area (Å²) in [6.07, 6.45) is 9.44. The van der Waals surface area contributed by atoms with Crippen molar-refractivity contribution in [3.63, 3.8) is 0 Å². The number of allylic oxidation sites excluding steroid dienone is 4. The van der Waals surface area contributed by atoms with Crippen molar-refractivity contribution >= 4 is 78.0 Å². The van der Waals surface area contributed by atoms with Gasteiger partial charge in [-0.05, 0) is 132 Å². The lowest BCUT2D eigenvalue weighted by atomic mass is 9.36. The number of hydrogen-bond acceptors (Lipinski definition) is 3. The van der Waals surface area contributed by atoms with E-state index in [0.717, 1.165) is 0 Å². The first-order valence-electron chi connectivity index (χ1n) is 22.6. The van der Waals surface area contributed by atoms with Gasteiger partial charge in [-0.1, -0.05) is 158 Å². The quantitative estimate of drug-likeness (QED) is 0.160. The number of rotatable bonds is 2. The van der Waals surface area contributed by atoms with E-state index in [9.17, 15) is 0 Å². The number of thiophene rings is 1. The molecule has 4 aliphatic rings. The van der Waals surface area contributed by atoms with E-state index in [1.807, 2.05) is 11.3 Å². The summed E-state index contributed by atoms with van der Waals surface area (Å²) in [6.45, 7) is 33.1. The van der Waals surface area contributed by atoms with Crippen molar-refractivity contribution < 1.29 is 0 Å². The third-order valence-corrected chi connectivity index (χ3v) is 15.8. The van der Waals surface area contributed by atoms with Crippen molar-refractivity contribution in [2.75, 3.05) is 9.80 Å². The van der Waals surface area contributed by atoms with Gasteiger partial charge in [0, 0.05) is 49.2 Å². The average molecular weight is 819 g/mol. The lowest BCUT2D eigenvalue weighted by Gasteiger charge is -2.44. The summed E-state index contributed by atoms with van der Waals surface area (Å²) in [5, 5.41) is 1.38. The van der Waals surface area contributed by atoms with Crippen LogP contribution >= 0.6 is 11.3 Å². The molecule has 2 atom stereocenters. The van der Waals surface area contributed by atoms with Crippen molar-refractivity contribution in [3.05, 3.63) is 149 Å². The van der Waals surface area contributed by atoms with Crippen LogP contribution in [-0.2, 0) is 27.1 Å². The minimum absolute atomic E-state index is 0.00317.